The van der Waals surface area contributed by atoms with Crippen molar-refractivity contribution in [3.05, 3.63) is 42.1 Å². The van der Waals surface area contributed by atoms with Gasteiger partial charge in [-0.2, -0.15) is 0 Å². The molecule has 0 atom stereocenters. The summed E-state index contributed by atoms with van der Waals surface area (Å²) < 4.78 is 5.03. The number of aliphatic carboxylic acids is 1. The summed E-state index contributed by atoms with van der Waals surface area (Å²) in [5, 5.41) is 9.54. The molecular formula is C13H13NO3. The van der Waals surface area contributed by atoms with E-state index in [-0.39, 0.29) is 6.61 Å². The highest BCUT2D eigenvalue weighted by Gasteiger charge is 2.02. The van der Waals surface area contributed by atoms with Crippen molar-refractivity contribution in [3.8, 4) is 0 Å². The largest absolute Gasteiger partial charge is 0.480 e. The van der Waals surface area contributed by atoms with Crippen LogP contribution in [0, 0.1) is 0 Å². The van der Waals surface area contributed by atoms with Gasteiger partial charge in [0.15, 0.2) is 0 Å². The van der Waals surface area contributed by atoms with Crippen LogP contribution >= 0.6 is 0 Å². The second-order valence-electron chi connectivity index (χ2n) is 3.68. The van der Waals surface area contributed by atoms with E-state index >= 15 is 0 Å². The van der Waals surface area contributed by atoms with Crippen LogP contribution in [0.3, 0.4) is 0 Å². The van der Waals surface area contributed by atoms with Crippen LogP contribution in [0.25, 0.3) is 10.9 Å². The maximum absolute atomic E-state index is 10.3. The summed E-state index contributed by atoms with van der Waals surface area (Å²) in [5.41, 5.74) is 2.07. The third-order valence-corrected chi connectivity index (χ3v) is 2.48. The predicted octanol–water partition coefficient (Wildman–Crippen LogP) is 1.88. The number of pyridine rings is 1. The van der Waals surface area contributed by atoms with Crippen LogP contribution < -0.4 is 0 Å². The van der Waals surface area contributed by atoms with Crippen LogP contribution in [0.1, 0.15) is 5.56 Å². The average Bonchev–Trinajstić information content (AvgIpc) is 2.34. The van der Waals surface area contributed by atoms with Gasteiger partial charge in [-0.3, -0.25) is 4.98 Å². The van der Waals surface area contributed by atoms with E-state index in [0.29, 0.717) is 13.0 Å². The number of aromatic nitrogens is 1. The minimum Gasteiger partial charge on any atom is -0.480 e. The molecule has 1 heterocycles. The summed E-state index contributed by atoms with van der Waals surface area (Å²) in [4.78, 5) is 14.6. The first-order valence-electron chi connectivity index (χ1n) is 5.39. The molecule has 2 aromatic rings. The number of benzene rings is 1. The maximum Gasteiger partial charge on any atom is 0.329 e. The number of carboxylic acid groups (broad SMARTS) is 1. The third kappa shape index (κ3) is 3.01. The lowest BCUT2D eigenvalue weighted by Gasteiger charge is -2.05. The monoisotopic (exact) mass is 231 g/mol. The lowest BCUT2D eigenvalue weighted by molar-refractivity contribution is -0.142. The molecule has 1 N–H and O–H groups in total. The number of para-hydroxylation sites is 1. The number of hydrogen-bond donors (Lipinski definition) is 1. The number of fused-ring (bicyclic) bond motifs is 1. The van der Waals surface area contributed by atoms with E-state index in [1.54, 1.807) is 6.20 Å². The molecule has 0 aliphatic carbocycles. The Morgan fingerprint density at radius 2 is 2.12 bits per heavy atom. The number of rotatable bonds is 5. The van der Waals surface area contributed by atoms with E-state index in [2.05, 4.69) is 4.98 Å². The van der Waals surface area contributed by atoms with Gasteiger partial charge in [0.25, 0.3) is 0 Å². The zero-order valence-electron chi connectivity index (χ0n) is 9.30. The fourth-order valence-corrected chi connectivity index (χ4v) is 1.71. The number of carboxylic acids is 1. The number of hydrogen-bond acceptors (Lipinski definition) is 3. The molecule has 0 amide bonds. The van der Waals surface area contributed by atoms with Crippen molar-refractivity contribution in [2.24, 2.45) is 0 Å². The van der Waals surface area contributed by atoms with Gasteiger partial charge in [-0.15, -0.1) is 0 Å². The molecule has 0 spiro atoms. The molecule has 0 fully saturated rings. The fraction of sp³-hybridized carbons (Fsp3) is 0.231. The van der Waals surface area contributed by atoms with Gasteiger partial charge in [-0.25, -0.2) is 4.79 Å². The smallest absolute Gasteiger partial charge is 0.329 e. The Labute approximate surface area is 98.9 Å². The van der Waals surface area contributed by atoms with Gasteiger partial charge < -0.3 is 9.84 Å². The number of nitrogens with zero attached hydrogens (tertiary/aromatic N) is 1. The van der Waals surface area contributed by atoms with Gasteiger partial charge in [0, 0.05) is 11.6 Å². The van der Waals surface area contributed by atoms with Crippen LogP contribution in [0.4, 0.5) is 0 Å². The first-order valence-corrected chi connectivity index (χ1v) is 5.39. The molecule has 2 rings (SSSR count). The van der Waals surface area contributed by atoms with Crippen molar-refractivity contribution in [2.75, 3.05) is 13.2 Å². The molecule has 88 valence electrons. The van der Waals surface area contributed by atoms with Crippen LogP contribution in [0.15, 0.2) is 36.5 Å². The van der Waals surface area contributed by atoms with Gasteiger partial charge in [0.2, 0.25) is 0 Å². The summed E-state index contributed by atoms with van der Waals surface area (Å²) in [6, 6.07) is 9.81. The predicted molar refractivity (Wildman–Crippen MR) is 63.9 cm³/mol. The van der Waals surface area contributed by atoms with Crippen LogP contribution in [0.2, 0.25) is 0 Å². The minimum atomic E-state index is -0.940. The molecule has 0 radical (unpaired) electrons. The van der Waals surface area contributed by atoms with E-state index in [4.69, 9.17) is 9.84 Å². The Balaban J connectivity index is 2.05. The highest BCUT2D eigenvalue weighted by atomic mass is 16.5. The van der Waals surface area contributed by atoms with Gasteiger partial charge in [0.05, 0.1) is 12.1 Å². The normalized spacial score (nSPS) is 10.6. The Morgan fingerprint density at radius 3 is 2.94 bits per heavy atom. The highest BCUT2D eigenvalue weighted by molar-refractivity contribution is 5.81. The zero-order chi connectivity index (χ0) is 12.1. The Morgan fingerprint density at radius 1 is 1.29 bits per heavy atom. The lowest BCUT2D eigenvalue weighted by Crippen LogP contribution is -2.09. The van der Waals surface area contributed by atoms with Crippen molar-refractivity contribution in [3.63, 3.8) is 0 Å². The summed E-state index contributed by atoms with van der Waals surface area (Å²) in [6.45, 7) is 0.156. The summed E-state index contributed by atoms with van der Waals surface area (Å²) in [5.74, 6) is -0.940. The maximum atomic E-state index is 10.3. The quantitative estimate of drug-likeness (QED) is 0.798. The second kappa shape index (κ2) is 5.41. The van der Waals surface area contributed by atoms with Gasteiger partial charge in [0.1, 0.15) is 6.61 Å². The number of carbonyl (C=O) groups is 1. The minimum absolute atomic E-state index is 0.247. The Bertz CT molecular complexity index is 520. The van der Waals surface area contributed by atoms with Crippen molar-refractivity contribution in [1.82, 2.24) is 4.98 Å². The topological polar surface area (TPSA) is 59.4 Å². The Hall–Kier alpha value is -1.94. The molecule has 0 aliphatic heterocycles. The molecule has 4 heteroatoms. The van der Waals surface area contributed by atoms with E-state index in [9.17, 15) is 4.79 Å². The molecule has 0 unspecified atom stereocenters. The summed E-state index contributed by atoms with van der Waals surface area (Å²) >= 11 is 0. The van der Waals surface area contributed by atoms with Crippen LogP contribution in [-0.2, 0) is 16.0 Å². The molecule has 1 aromatic heterocycles. The van der Waals surface area contributed by atoms with Crippen molar-refractivity contribution >= 4 is 16.9 Å². The summed E-state index contributed by atoms with van der Waals surface area (Å²) in [7, 11) is 0. The van der Waals surface area contributed by atoms with E-state index in [1.807, 2.05) is 30.3 Å². The number of ether oxygens (including phenoxy) is 1. The van der Waals surface area contributed by atoms with Crippen LogP contribution in [-0.4, -0.2) is 29.3 Å². The van der Waals surface area contributed by atoms with Crippen molar-refractivity contribution in [2.45, 2.75) is 6.42 Å². The average molecular weight is 231 g/mol. The molecule has 0 aliphatic rings. The SMILES string of the molecule is O=C(O)COCCc1ccnc2ccccc12. The second-order valence-corrected chi connectivity index (χ2v) is 3.68. The molecule has 1 aromatic carbocycles. The Kier molecular flexibility index (Phi) is 3.67. The van der Waals surface area contributed by atoms with Crippen LogP contribution in [0.5, 0.6) is 0 Å². The standard InChI is InChI=1S/C13H13NO3/c15-13(16)9-17-8-6-10-5-7-14-12-4-2-1-3-11(10)12/h1-5,7H,6,8-9H2,(H,15,16). The van der Waals surface area contributed by atoms with Gasteiger partial charge in [-0.05, 0) is 24.1 Å². The van der Waals surface area contributed by atoms with E-state index in [0.717, 1.165) is 16.5 Å². The lowest BCUT2D eigenvalue weighted by atomic mass is 10.1. The van der Waals surface area contributed by atoms with Gasteiger partial charge >= 0.3 is 5.97 Å². The van der Waals surface area contributed by atoms with Crippen molar-refractivity contribution in [1.29, 1.82) is 0 Å². The highest BCUT2D eigenvalue weighted by Crippen LogP contribution is 2.16. The molecule has 0 saturated carbocycles. The van der Waals surface area contributed by atoms with E-state index < -0.39 is 5.97 Å². The molecular weight excluding hydrogens is 218 g/mol. The fourth-order valence-electron chi connectivity index (χ4n) is 1.71. The summed E-state index contributed by atoms with van der Waals surface area (Å²) in [6.07, 6.45) is 2.45. The molecule has 17 heavy (non-hydrogen) atoms. The zero-order valence-corrected chi connectivity index (χ0v) is 9.30. The van der Waals surface area contributed by atoms with Gasteiger partial charge in [-0.1, -0.05) is 18.2 Å². The van der Waals surface area contributed by atoms with Crippen molar-refractivity contribution < 1.29 is 14.6 Å². The van der Waals surface area contributed by atoms with E-state index in [1.165, 1.54) is 0 Å². The molecule has 0 bridgehead atoms. The first kappa shape index (κ1) is 11.5. The first-order chi connectivity index (χ1) is 8.27. The molecule has 0 saturated heterocycles. The molecule has 4 nitrogen and oxygen atoms in total. The third-order valence-electron chi connectivity index (χ3n) is 2.48.